The zero-order valence-electron chi connectivity index (χ0n) is 10.1. The molecule has 17 heavy (non-hydrogen) atoms. The third kappa shape index (κ3) is 1.04. The molecule has 1 saturated heterocycles. The second-order valence-corrected chi connectivity index (χ2v) is 5.69. The number of esters is 2. The molecule has 2 saturated carbocycles. The highest BCUT2D eigenvalue weighted by molar-refractivity contribution is 5.84. The van der Waals surface area contributed by atoms with Gasteiger partial charge in [-0.1, -0.05) is 13.5 Å². The maximum Gasteiger partial charge on any atom is 0.333 e. The Morgan fingerprint density at radius 2 is 2.35 bits per heavy atom. The fourth-order valence-corrected chi connectivity index (χ4v) is 4.00. The molecular formula is C13H16O4. The highest BCUT2D eigenvalue weighted by Crippen LogP contribution is 2.68. The van der Waals surface area contributed by atoms with Gasteiger partial charge in [-0.15, -0.1) is 0 Å². The van der Waals surface area contributed by atoms with Gasteiger partial charge in [-0.2, -0.15) is 0 Å². The molecule has 3 fully saturated rings. The van der Waals surface area contributed by atoms with E-state index in [2.05, 4.69) is 6.58 Å². The van der Waals surface area contributed by atoms with Gasteiger partial charge in [-0.05, 0) is 25.7 Å². The zero-order valence-corrected chi connectivity index (χ0v) is 10.1. The Kier molecular flexibility index (Phi) is 1.86. The molecule has 0 radical (unpaired) electrons. The van der Waals surface area contributed by atoms with E-state index < -0.39 is 17.2 Å². The summed E-state index contributed by atoms with van der Waals surface area (Å²) in [5.41, 5.74) is -0.460. The van der Waals surface area contributed by atoms with Crippen LogP contribution in [0.1, 0.15) is 26.7 Å². The van der Waals surface area contributed by atoms with Gasteiger partial charge in [0.05, 0.1) is 11.3 Å². The van der Waals surface area contributed by atoms with Crippen LogP contribution in [0.15, 0.2) is 12.7 Å². The second kappa shape index (κ2) is 2.92. The van der Waals surface area contributed by atoms with E-state index in [1.165, 1.54) is 0 Å². The van der Waals surface area contributed by atoms with Gasteiger partial charge in [0.15, 0.2) is 0 Å². The third-order valence-corrected chi connectivity index (χ3v) is 4.97. The molecule has 0 N–H and O–H groups in total. The Hall–Kier alpha value is -1.32. The summed E-state index contributed by atoms with van der Waals surface area (Å²) in [4.78, 5) is 23.4. The van der Waals surface area contributed by atoms with Crippen LogP contribution in [0.3, 0.4) is 0 Å². The Morgan fingerprint density at radius 3 is 2.94 bits per heavy atom. The molecule has 1 heterocycles. The molecule has 5 atom stereocenters. The molecule has 1 aliphatic heterocycles. The molecule has 2 aliphatic carbocycles. The Balaban J connectivity index is 2.02. The van der Waals surface area contributed by atoms with Crippen LogP contribution in [-0.4, -0.2) is 17.7 Å². The summed E-state index contributed by atoms with van der Waals surface area (Å²) >= 11 is 0. The summed E-state index contributed by atoms with van der Waals surface area (Å²) in [6.07, 6.45) is 2.88. The van der Waals surface area contributed by atoms with Crippen LogP contribution in [-0.2, 0) is 19.1 Å². The van der Waals surface area contributed by atoms with Gasteiger partial charge in [-0.25, -0.2) is 4.79 Å². The monoisotopic (exact) mass is 236 g/mol. The first-order valence-electron chi connectivity index (χ1n) is 6.03. The van der Waals surface area contributed by atoms with Crippen LogP contribution < -0.4 is 0 Å². The van der Waals surface area contributed by atoms with Crippen LogP contribution in [0.4, 0.5) is 0 Å². The van der Waals surface area contributed by atoms with Crippen molar-refractivity contribution in [2.45, 2.75) is 32.5 Å². The molecule has 3 aliphatic rings. The number of carbonyl (C=O) groups is 2. The highest BCUT2D eigenvalue weighted by Gasteiger charge is 2.76. The summed E-state index contributed by atoms with van der Waals surface area (Å²) in [6.45, 7) is 7.32. The molecular weight excluding hydrogens is 220 g/mol. The molecule has 4 heteroatoms. The first-order chi connectivity index (χ1) is 7.94. The van der Waals surface area contributed by atoms with Crippen molar-refractivity contribution in [3.63, 3.8) is 0 Å². The molecule has 0 amide bonds. The van der Waals surface area contributed by atoms with E-state index in [9.17, 15) is 9.59 Å². The van der Waals surface area contributed by atoms with Crippen molar-refractivity contribution in [3.05, 3.63) is 12.7 Å². The van der Waals surface area contributed by atoms with Crippen LogP contribution in [0.5, 0.6) is 0 Å². The molecule has 3 rings (SSSR count). The standard InChI is InChI=1S/C13H16O4/c1-4-10(14)16-13-7(2)8-5-9(13)12(3,6-8)11(15)17-13/h4,7-9H,1,5-6H2,2-3H3. The van der Waals surface area contributed by atoms with Gasteiger partial charge in [0.2, 0.25) is 0 Å². The Bertz CT molecular complexity index is 429. The molecule has 0 aromatic carbocycles. The van der Waals surface area contributed by atoms with Crippen molar-refractivity contribution in [2.75, 3.05) is 0 Å². The average Bonchev–Trinajstić information content (AvgIpc) is 2.80. The normalized spacial score (nSPS) is 50.2. The molecule has 4 nitrogen and oxygen atoms in total. The molecule has 0 spiro atoms. The lowest BCUT2D eigenvalue weighted by Gasteiger charge is -2.37. The van der Waals surface area contributed by atoms with E-state index in [-0.39, 0.29) is 17.8 Å². The quantitative estimate of drug-likeness (QED) is 0.540. The summed E-state index contributed by atoms with van der Waals surface area (Å²) in [5.74, 6) is -1.26. The van der Waals surface area contributed by atoms with E-state index in [0.717, 1.165) is 18.9 Å². The predicted molar refractivity (Wildman–Crippen MR) is 58.6 cm³/mol. The summed E-state index contributed by atoms with van der Waals surface area (Å²) in [7, 11) is 0. The number of ether oxygens (including phenoxy) is 2. The van der Waals surface area contributed by atoms with Gasteiger partial charge in [0.1, 0.15) is 0 Å². The minimum Gasteiger partial charge on any atom is -0.421 e. The minimum absolute atomic E-state index is 0.00593. The molecule has 2 bridgehead atoms. The highest BCUT2D eigenvalue weighted by atomic mass is 16.7. The van der Waals surface area contributed by atoms with Crippen LogP contribution in [0.2, 0.25) is 0 Å². The fraction of sp³-hybridized carbons (Fsp3) is 0.692. The van der Waals surface area contributed by atoms with Gasteiger partial charge in [-0.3, -0.25) is 4.79 Å². The second-order valence-electron chi connectivity index (χ2n) is 5.69. The summed E-state index contributed by atoms with van der Waals surface area (Å²) in [6, 6.07) is 0. The van der Waals surface area contributed by atoms with E-state index in [1.807, 2.05) is 13.8 Å². The van der Waals surface area contributed by atoms with Gasteiger partial charge < -0.3 is 9.47 Å². The van der Waals surface area contributed by atoms with Crippen molar-refractivity contribution in [3.8, 4) is 0 Å². The van der Waals surface area contributed by atoms with Crippen LogP contribution in [0.25, 0.3) is 0 Å². The number of carbonyl (C=O) groups excluding carboxylic acids is 2. The predicted octanol–water partition coefficient (Wildman–Crippen LogP) is 1.65. The van der Waals surface area contributed by atoms with Crippen LogP contribution >= 0.6 is 0 Å². The van der Waals surface area contributed by atoms with Gasteiger partial charge >= 0.3 is 11.9 Å². The minimum atomic E-state index is -1.03. The molecule has 92 valence electrons. The van der Waals surface area contributed by atoms with Gasteiger partial charge in [0, 0.05) is 12.0 Å². The van der Waals surface area contributed by atoms with Crippen molar-refractivity contribution in [1.29, 1.82) is 0 Å². The van der Waals surface area contributed by atoms with Crippen molar-refractivity contribution in [2.24, 2.45) is 23.2 Å². The lowest BCUT2D eigenvalue weighted by atomic mass is 9.71. The van der Waals surface area contributed by atoms with Crippen molar-refractivity contribution in [1.82, 2.24) is 0 Å². The summed E-state index contributed by atoms with van der Waals surface area (Å²) < 4.78 is 10.9. The number of rotatable bonds is 2. The van der Waals surface area contributed by atoms with E-state index in [1.54, 1.807) is 0 Å². The smallest absolute Gasteiger partial charge is 0.333 e. The Labute approximate surface area is 100.0 Å². The number of hydrogen-bond donors (Lipinski definition) is 0. The largest absolute Gasteiger partial charge is 0.421 e. The average molecular weight is 236 g/mol. The summed E-state index contributed by atoms with van der Waals surface area (Å²) in [5, 5.41) is 0. The van der Waals surface area contributed by atoms with E-state index >= 15 is 0 Å². The lowest BCUT2D eigenvalue weighted by molar-refractivity contribution is -0.235. The Morgan fingerprint density at radius 1 is 1.65 bits per heavy atom. The molecule has 0 aromatic heterocycles. The van der Waals surface area contributed by atoms with E-state index in [4.69, 9.17) is 9.47 Å². The first-order valence-corrected chi connectivity index (χ1v) is 6.03. The van der Waals surface area contributed by atoms with E-state index in [0.29, 0.717) is 5.92 Å². The number of fused-ring (bicyclic) bond motifs is 1. The SMILES string of the molecule is C=CC(=O)OC12OC(=O)C3(C)CC(CC31)C2C. The number of hydrogen-bond acceptors (Lipinski definition) is 4. The topological polar surface area (TPSA) is 52.6 Å². The van der Waals surface area contributed by atoms with Crippen molar-refractivity contribution >= 4 is 11.9 Å². The lowest BCUT2D eigenvalue weighted by Crippen LogP contribution is -2.47. The van der Waals surface area contributed by atoms with Crippen LogP contribution in [0, 0.1) is 23.2 Å². The maximum atomic E-state index is 12.0. The van der Waals surface area contributed by atoms with Gasteiger partial charge in [0.25, 0.3) is 5.79 Å². The molecule has 5 unspecified atom stereocenters. The first kappa shape index (κ1) is 10.8. The fourth-order valence-electron chi connectivity index (χ4n) is 4.00. The third-order valence-electron chi connectivity index (χ3n) is 4.97. The molecule has 0 aromatic rings. The maximum absolute atomic E-state index is 12.0. The van der Waals surface area contributed by atoms with Crippen molar-refractivity contribution < 1.29 is 19.1 Å². The zero-order chi connectivity index (χ0) is 12.4.